The van der Waals surface area contributed by atoms with Gasteiger partial charge in [0, 0.05) is 12.4 Å². The zero-order valence-electron chi connectivity index (χ0n) is 10.00. The van der Waals surface area contributed by atoms with Crippen molar-refractivity contribution in [2.24, 2.45) is 5.92 Å². The molecule has 0 spiro atoms. The van der Waals surface area contributed by atoms with Crippen LogP contribution in [0, 0.1) is 5.92 Å². The largest absolute Gasteiger partial charge is 0.476 e. The van der Waals surface area contributed by atoms with E-state index in [1.54, 1.807) is 16.9 Å². The lowest BCUT2D eigenvalue weighted by molar-refractivity contribution is 0.262. The molecule has 0 fully saturated rings. The number of nitrogen functional groups attached to an aromatic ring is 1. The average molecular weight is 232 g/mol. The summed E-state index contributed by atoms with van der Waals surface area (Å²) in [6, 6.07) is 5.43. The Labute approximate surface area is 100 Å². The normalized spacial score (nSPS) is 10.8. The van der Waals surface area contributed by atoms with E-state index in [1.807, 2.05) is 18.3 Å². The molecule has 0 aliphatic carbocycles. The third kappa shape index (κ3) is 2.75. The Balaban J connectivity index is 2.23. The van der Waals surface area contributed by atoms with Gasteiger partial charge in [-0.2, -0.15) is 10.1 Å². The van der Waals surface area contributed by atoms with Gasteiger partial charge in [0.05, 0.1) is 12.3 Å². The maximum Gasteiger partial charge on any atom is 0.239 e. The van der Waals surface area contributed by atoms with Crippen molar-refractivity contribution in [3.05, 3.63) is 30.6 Å². The lowest BCUT2D eigenvalue weighted by atomic mass is 10.2. The van der Waals surface area contributed by atoms with Crippen LogP contribution in [-0.4, -0.2) is 21.4 Å². The van der Waals surface area contributed by atoms with Gasteiger partial charge in [0.1, 0.15) is 0 Å². The minimum absolute atomic E-state index is 0.435. The van der Waals surface area contributed by atoms with E-state index in [-0.39, 0.29) is 0 Å². The third-order valence-corrected chi connectivity index (χ3v) is 2.17. The van der Waals surface area contributed by atoms with Gasteiger partial charge in [-0.05, 0) is 24.1 Å². The third-order valence-electron chi connectivity index (χ3n) is 2.17. The lowest BCUT2D eigenvalue weighted by Crippen LogP contribution is -2.09. The van der Waals surface area contributed by atoms with Crippen LogP contribution < -0.4 is 10.5 Å². The first-order chi connectivity index (χ1) is 8.16. The van der Waals surface area contributed by atoms with Crippen LogP contribution in [0.4, 0.5) is 5.69 Å². The number of aromatic nitrogens is 3. The van der Waals surface area contributed by atoms with E-state index in [1.165, 1.54) is 0 Å². The molecule has 0 amide bonds. The van der Waals surface area contributed by atoms with Gasteiger partial charge < -0.3 is 10.5 Å². The van der Waals surface area contributed by atoms with Gasteiger partial charge in [-0.1, -0.05) is 13.8 Å². The zero-order chi connectivity index (χ0) is 12.3. The van der Waals surface area contributed by atoms with Crippen LogP contribution in [0.15, 0.2) is 30.6 Å². The zero-order valence-corrected chi connectivity index (χ0v) is 10.00. The molecule has 2 rings (SSSR count). The Bertz CT molecular complexity index is 479. The lowest BCUT2D eigenvalue weighted by Gasteiger charge is -2.11. The number of hydrogen-bond donors (Lipinski definition) is 1. The van der Waals surface area contributed by atoms with Crippen molar-refractivity contribution < 1.29 is 4.74 Å². The summed E-state index contributed by atoms with van der Waals surface area (Å²) < 4.78 is 7.23. The number of rotatable bonds is 4. The minimum Gasteiger partial charge on any atom is -0.476 e. The van der Waals surface area contributed by atoms with Crippen molar-refractivity contribution >= 4 is 5.69 Å². The van der Waals surface area contributed by atoms with Crippen molar-refractivity contribution in [2.45, 2.75) is 13.8 Å². The SMILES string of the molecule is CC(C)COc1nc(-n2cccn2)ccc1N. The summed E-state index contributed by atoms with van der Waals surface area (Å²) in [6.45, 7) is 4.75. The maximum absolute atomic E-state index is 5.81. The van der Waals surface area contributed by atoms with E-state index in [2.05, 4.69) is 23.9 Å². The highest BCUT2D eigenvalue weighted by atomic mass is 16.5. The Hall–Kier alpha value is -2.04. The number of anilines is 1. The second kappa shape index (κ2) is 4.86. The molecule has 2 aromatic rings. The van der Waals surface area contributed by atoms with Crippen LogP contribution in [0.3, 0.4) is 0 Å². The molecular formula is C12H16N4O. The van der Waals surface area contributed by atoms with Gasteiger partial charge in [-0.3, -0.25) is 0 Å². The molecule has 17 heavy (non-hydrogen) atoms. The minimum atomic E-state index is 0.435. The first kappa shape index (κ1) is 11.4. The van der Waals surface area contributed by atoms with Crippen LogP contribution in [-0.2, 0) is 0 Å². The van der Waals surface area contributed by atoms with Crippen LogP contribution in [0.25, 0.3) is 5.82 Å². The predicted molar refractivity (Wildman–Crippen MR) is 66.1 cm³/mol. The molecule has 0 bridgehead atoms. The summed E-state index contributed by atoms with van der Waals surface area (Å²) in [7, 11) is 0. The van der Waals surface area contributed by atoms with Crippen molar-refractivity contribution in [3.8, 4) is 11.7 Å². The Kier molecular flexibility index (Phi) is 3.27. The van der Waals surface area contributed by atoms with Crippen molar-refractivity contribution in [3.63, 3.8) is 0 Å². The number of hydrogen-bond acceptors (Lipinski definition) is 4. The predicted octanol–water partition coefficient (Wildman–Crippen LogP) is 1.88. The summed E-state index contributed by atoms with van der Waals surface area (Å²) in [5.41, 5.74) is 6.35. The van der Waals surface area contributed by atoms with Gasteiger partial charge in [0.25, 0.3) is 0 Å². The molecule has 0 radical (unpaired) electrons. The Morgan fingerprint density at radius 2 is 2.24 bits per heavy atom. The molecule has 5 heteroatoms. The quantitative estimate of drug-likeness (QED) is 0.874. The molecule has 0 saturated heterocycles. The first-order valence-corrected chi connectivity index (χ1v) is 5.56. The molecule has 0 aromatic carbocycles. The van der Waals surface area contributed by atoms with E-state index in [9.17, 15) is 0 Å². The second-order valence-corrected chi connectivity index (χ2v) is 4.22. The van der Waals surface area contributed by atoms with Crippen LogP contribution in [0.2, 0.25) is 0 Å². The van der Waals surface area contributed by atoms with E-state index in [4.69, 9.17) is 10.5 Å². The van der Waals surface area contributed by atoms with Gasteiger partial charge in [-0.25, -0.2) is 4.68 Å². The van der Waals surface area contributed by atoms with E-state index in [0.29, 0.717) is 29.9 Å². The summed E-state index contributed by atoms with van der Waals surface area (Å²) in [5.74, 6) is 1.60. The molecule has 2 N–H and O–H groups in total. The molecule has 90 valence electrons. The standard InChI is InChI=1S/C12H16N4O/c1-9(2)8-17-12-10(13)4-5-11(15-12)16-7-3-6-14-16/h3-7,9H,8,13H2,1-2H3. The topological polar surface area (TPSA) is 66.0 Å². The van der Waals surface area contributed by atoms with Gasteiger partial charge in [0.2, 0.25) is 5.88 Å². The molecule has 0 atom stereocenters. The molecule has 0 unspecified atom stereocenters. The molecule has 2 aromatic heterocycles. The van der Waals surface area contributed by atoms with Gasteiger partial charge in [-0.15, -0.1) is 0 Å². The highest BCUT2D eigenvalue weighted by Crippen LogP contribution is 2.20. The fourth-order valence-corrected chi connectivity index (χ4v) is 1.33. The van der Waals surface area contributed by atoms with E-state index in [0.717, 1.165) is 0 Å². The van der Waals surface area contributed by atoms with E-state index >= 15 is 0 Å². The summed E-state index contributed by atoms with van der Waals surface area (Å²) in [5, 5.41) is 4.11. The van der Waals surface area contributed by atoms with Gasteiger partial charge >= 0.3 is 0 Å². The number of nitrogens with zero attached hydrogens (tertiary/aromatic N) is 3. The average Bonchev–Trinajstić information content (AvgIpc) is 2.81. The Morgan fingerprint density at radius 3 is 2.88 bits per heavy atom. The first-order valence-electron chi connectivity index (χ1n) is 5.56. The smallest absolute Gasteiger partial charge is 0.239 e. The number of pyridine rings is 1. The van der Waals surface area contributed by atoms with E-state index < -0.39 is 0 Å². The van der Waals surface area contributed by atoms with Crippen molar-refractivity contribution in [2.75, 3.05) is 12.3 Å². The monoisotopic (exact) mass is 232 g/mol. The number of nitrogens with two attached hydrogens (primary N) is 1. The van der Waals surface area contributed by atoms with Crippen molar-refractivity contribution in [1.29, 1.82) is 0 Å². The highest BCUT2D eigenvalue weighted by molar-refractivity contribution is 5.50. The summed E-state index contributed by atoms with van der Waals surface area (Å²) in [6.07, 6.45) is 3.53. The molecule has 0 saturated carbocycles. The molecule has 0 aliphatic heterocycles. The highest BCUT2D eigenvalue weighted by Gasteiger charge is 2.06. The molecule has 2 heterocycles. The van der Waals surface area contributed by atoms with Crippen LogP contribution in [0.1, 0.15) is 13.8 Å². The fourth-order valence-electron chi connectivity index (χ4n) is 1.33. The molecule has 5 nitrogen and oxygen atoms in total. The summed E-state index contributed by atoms with van der Waals surface area (Å²) >= 11 is 0. The molecule has 0 aliphatic rings. The number of ether oxygens (including phenoxy) is 1. The fraction of sp³-hybridized carbons (Fsp3) is 0.333. The van der Waals surface area contributed by atoms with Crippen LogP contribution >= 0.6 is 0 Å². The maximum atomic E-state index is 5.81. The molecular weight excluding hydrogens is 216 g/mol. The van der Waals surface area contributed by atoms with Crippen LogP contribution in [0.5, 0.6) is 5.88 Å². The van der Waals surface area contributed by atoms with Crippen molar-refractivity contribution in [1.82, 2.24) is 14.8 Å². The summed E-state index contributed by atoms with van der Waals surface area (Å²) in [4.78, 5) is 4.34. The second-order valence-electron chi connectivity index (χ2n) is 4.22. The van der Waals surface area contributed by atoms with Gasteiger partial charge in [0.15, 0.2) is 5.82 Å². The Morgan fingerprint density at radius 1 is 1.41 bits per heavy atom.